The number of allylic oxidation sites excluding steroid dienone is 3. The number of hydrogen-bond donors (Lipinski definition) is 1. The number of unbranched alkanes of at least 4 members (excludes halogenated alkanes) is 4. The van der Waals surface area contributed by atoms with Gasteiger partial charge in [0.2, 0.25) is 5.91 Å². The number of halogens is 6. The van der Waals surface area contributed by atoms with Gasteiger partial charge < -0.3 is 10.5 Å². The number of alkyl halides is 6. The molecule has 0 aromatic heterocycles. The molecule has 0 spiro atoms. The standard InChI is InChI=1S/C20H23F6NO2/c21-19(22,23)16-11-15(12-17(13-16)20(24,25)26)14-29-10-8-6-4-2-1-3-5-7-9-18(27)28/h3,5,7,9,11-13H,1-2,4,6,8,10,14H2,(H2,27,28). The van der Waals surface area contributed by atoms with Gasteiger partial charge in [0.15, 0.2) is 0 Å². The van der Waals surface area contributed by atoms with Gasteiger partial charge in [0.25, 0.3) is 0 Å². The molecule has 0 saturated heterocycles. The average Bonchev–Trinajstić information content (AvgIpc) is 2.60. The van der Waals surface area contributed by atoms with E-state index in [1.807, 2.05) is 6.08 Å². The van der Waals surface area contributed by atoms with Crippen molar-refractivity contribution in [3.8, 4) is 0 Å². The Bertz CT molecular complexity index is 676. The van der Waals surface area contributed by atoms with E-state index in [-0.39, 0.29) is 24.8 Å². The normalized spacial score (nSPS) is 12.9. The highest BCUT2D eigenvalue weighted by molar-refractivity contribution is 5.85. The van der Waals surface area contributed by atoms with E-state index in [9.17, 15) is 31.1 Å². The molecule has 9 heteroatoms. The molecule has 0 aliphatic carbocycles. The van der Waals surface area contributed by atoms with Crippen LogP contribution in [0.15, 0.2) is 42.5 Å². The van der Waals surface area contributed by atoms with Crippen molar-refractivity contribution in [1.29, 1.82) is 0 Å². The highest BCUT2D eigenvalue weighted by Gasteiger charge is 2.36. The first-order valence-electron chi connectivity index (χ1n) is 8.99. The lowest BCUT2D eigenvalue weighted by Gasteiger charge is -2.14. The number of rotatable bonds is 11. The SMILES string of the molecule is NC(=O)C=CC=CCCCCCCOCc1cc(C(F)(F)F)cc(C(F)(F)F)c1. The maximum Gasteiger partial charge on any atom is 0.416 e. The highest BCUT2D eigenvalue weighted by Crippen LogP contribution is 2.36. The Morgan fingerprint density at radius 1 is 0.897 bits per heavy atom. The van der Waals surface area contributed by atoms with E-state index in [2.05, 4.69) is 0 Å². The topological polar surface area (TPSA) is 52.3 Å². The molecule has 0 saturated carbocycles. The van der Waals surface area contributed by atoms with Gasteiger partial charge in [-0.1, -0.05) is 31.1 Å². The third-order valence-corrected chi connectivity index (χ3v) is 3.83. The van der Waals surface area contributed by atoms with E-state index in [0.29, 0.717) is 18.6 Å². The maximum atomic E-state index is 12.8. The van der Waals surface area contributed by atoms with Crippen LogP contribution in [0.2, 0.25) is 0 Å². The molecule has 1 aromatic carbocycles. The number of carbonyl (C=O) groups excluding carboxylic acids is 1. The molecule has 0 aliphatic heterocycles. The van der Waals surface area contributed by atoms with Gasteiger partial charge in [-0.25, -0.2) is 0 Å². The van der Waals surface area contributed by atoms with Gasteiger partial charge >= 0.3 is 12.4 Å². The molecule has 0 aliphatic rings. The summed E-state index contributed by atoms with van der Waals surface area (Å²) < 4.78 is 82.0. The molecule has 0 fully saturated rings. The second kappa shape index (κ2) is 11.6. The van der Waals surface area contributed by atoms with Crippen LogP contribution in [0.25, 0.3) is 0 Å². The zero-order valence-electron chi connectivity index (χ0n) is 15.7. The van der Waals surface area contributed by atoms with Crippen molar-refractivity contribution < 1.29 is 35.9 Å². The van der Waals surface area contributed by atoms with Crippen molar-refractivity contribution in [3.63, 3.8) is 0 Å². The number of benzene rings is 1. The molecule has 0 bridgehead atoms. The van der Waals surface area contributed by atoms with Gasteiger partial charge in [0.05, 0.1) is 17.7 Å². The van der Waals surface area contributed by atoms with Crippen LogP contribution in [-0.2, 0) is 28.5 Å². The van der Waals surface area contributed by atoms with E-state index in [1.165, 1.54) is 6.08 Å². The van der Waals surface area contributed by atoms with Crippen molar-refractivity contribution in [3.05, 3.63) is 59.2 Å². The van der Waals surface area contributed by atoms with Gasteiger partial charge in [-0.05, 0) is 43.0 Å². The molecule has 0 unspecified atom stereocenters. The number of nitrogens with two attached hydrogens (primary N) is 1. The van der Waals surface area contributed by atoms with Crippen molar-refractivity contribution in [2.45, 2.75) is 51.1 Å². The fourth-order valence-electron chi connectivity index (χ4n) is 2.44. The Labute approximate surface area is 165 Å². The largest absolute Gasteiger partial charge is 0.416 e. The highest BCUT2D eigenvalue weighted by atomic mass is 19.4. The van der Waals surface area contributed by atoms with Crippen LogP contribution in [0.1, 0.15) is 48.8 Å². The van der Waals surface area contributed by atoms with Crippen LogP contribution in [0.4, 0.5) is 26.3 Å². The minimum atomic E-state index is -4.86. The van der Waals surface area contributed by atoms with Crippen molar-refractivity contribution in [2.24, 2.45) is 5.73 Å². The molecule has 162 valence electrons. The smallest absolute Gasteiger partial charge is 0.377 e. The maximum absolute atomic E-state index is 12.8. The summed E-state index contributed by atoms with van der Waals surface area (Å²) in [5.74, 6) is -0.519. The van der Waals surface area contributed by atoms with E-state index < -0.39 is 29.4 Å². The summed E-state index contributed by atoms with van der Waals surface area (Å²) in [6.07, 6.45) is 0.773. The Balaban J connectivity index is 2.35. The summed E-state index contributed by atoms with van der Waals surface area (Å²) in [5.41, 5.74) is 2.08. The summed E-state index contributed by atoms with van der Waals surface area (Å²) in [6.45, 7) is -0.0727. The quantitative estimate of drug-likeness (QED) is 0.212. The van der Waals surface area contributed by atoms with Crippen LogP contribution < -0.4 is 5.73 Å². The molecule has 1 rings (SSSR count). The molecular weight excluding hydrogens is 400 g/mol. The lowest BCUT2D eigenvalue weighted by Crippen LogP contribution is -2.12. The van der Waals surface area contributed by atoms with Crippen LogP contribution in [-0.4, -0.2) is 12.5 Å². The van der Waals surface area contributed by atoms with Gasteiger partial charge in [0, 0.05) is 12.7 Å². The van der Waals surface area contributed by atoms with Crippen molar-refractivity contribution in [2.75, 3.05) is 6.61 Å². The van der Waals surface area contributed by atoms with Crippen molar-refractivity contribution in [1.82, 2.24) is 0 Å². The predicted octanol–water partition coefficient (Wildman–Crippen LogP) is 5.79. The van der Waals surface area contributed by atoms with Gasteiger partial charge in [-0.15, -0.1) is 0 Å². The van der Waals surface area contributed by atoms with Crippen LogP contribution in [0.3, 0.4) is 0 Å². The molecule has 2 N–H and O–H groups in total. The molecule has 0 heterocycles. The Hall–Kier alpha value is -2.29. The zero-order valence-corrected chi connectivity index (χ0v) is 15.7. The van der Waals surface area contributed by atoms with Gasteiger partial charge in [-0.2, -0.15) is 26.3 Å². The Kier molecular flexibility index (Phi) is 9.94. The first-order chi connectivity index (χ1) is 13.5. The molecular formula is C20H23F6NO2. The molecule has 1 aromatic rings. The first kappa shape index (κ1) is 24.7. The summed E-state index contributed by atoms with van der Waals surface area (Å²) in [4.78, 5) is 10.5. The summed E-state index contributed by atoms with van der Waals surface area (Å²) in [6, 6.07) is 1.45. The second-order valence-corrected chi connectivity index (χ2v) is 6.36. The minimum absolute atomic E-state index is 0.0988. The lowest BCUT2D eigenvalue weighted by atomic mass is 10.1. The lowest BCUT2D eigenvalue weighted by molar-refractivity contribution is -0.143. The molecule has 1 amide bonds. The van der Waals surface area contributed by atoms with E-state index in [4.69, 9.17) is 10.5 Å². The Morgan fingerprint density at radius 2 is 1.48 bits per heavy atom. The van der Waals surface area contributed by atoms with E-state index in [1.54, 1.807) is 12.2 Å². The van der Waals surface area contributed by atoms with E-state index in [0.717, 1.165) is 25.7 Å². The average molecular weight is 423 g/mol. The number of hydrogen-bond acceptors (Lipinski definition) is 2. The fourth-order valence-corrected chi connectivity index (χ4v) is 2.44. The second-order valence-electron chi connectivity index (χ2n) is 6.36. The third kappa shape index (κ3) is 10.7. The van der Waals surface area contributed by atoms with Gasteiger partial charge in [0.1, 0.15) is 0 Å². The summed E-state index contributed by atoms with van der Waals surface area (Å²) in [7, 11) is 0. The predicted molar refractivity (Wildman–Crippen MR) is 96.7 cm³/mol. The van der Waals surface area contributed by atoms with Gasteiger partial charge in [-0.3, -0.25) is 4.79 Å². The Morgan fingerprint density at radius 3 is 2.03 bits per heavy atom. The van der Waals surface area contributed by atoms with Crippen LogP contribution in [0.5, 0.6) is 0 Å². The molecule has 0 atom stereocenters. The summed E-state index contributed by atoms with van der Waals surface area (Å²) >= 11 is 0. The monoisotopic (exact) mass is 423 g/mol. The fraction of sp³-hybridized carbons (Fsp3) is 0.450. The van der Waals surface area contributed by atoms with Crippen LogP contribution >= 0.6 is 0 Å². The molecule has 29 heavy (non-hydrogen) atoms. The summed E-state index contributed by atoms with van der Waals surface area (Å²) in [5, 5.41) is 0. The number of ether oxygens (including phenoxy) is 1. The minimum Gasteiger partial charge on any atom is -0.377 e. The first-order valence-corrected chi connectivity index (χ1v) is 8.99. The number of carbonyl (C=O) groups is 1. The van der Waals surface area contributed by atoms with Crippen molar-refractivity contribution >= 4 is 5.91 Å². The van der Waals surface area contributed by atoms with E-state index >= 15 is 0 Å². The zero-order chi connectivity index (χ0) is 21.9. The molecule has 0 radical (unpaired) electrons. The number of primary amides is 1. The number of amides is 1. The van der Waals surface area contributed by atoms with Crippen LogP contribution in [0, 0.1) is 0 Å². The third-order valence-electron chi connectivity index (χ3n) is 3.83. The molecule has 3 nitrogen and oxygen atoms in total.